The van der Waals surface area contributed by atoms with Gasteiger partial charge in [0, 0.05) is 0 Å². The zero-order chi connectivity index (χ0) is 17.6. The standard InChI is InChI=1S/C19H34O4/c1-13(2)7-5-9-16-15(17(20)21)8-6-11-19(16,18(22)23)12-10-14(3)4/h13-16H,5-12H2,1-4H3,(H,20,21)(H,22,23). The van der Waals surface area contributed by atoms with E-state index in [-0.39, 0.29) is 5.92 Å². The van der Waals surface area contributed by atoms with Crippen molar-refractivity contribution in [2.45, 2.75) is 79.1 Å². The quantitative estimate of drug-likeness (QED) is 0.637. The molecule has 1 fully saturated rings. The average Bonchev–Trinajstić information content (AvgIpc) is 2.44. The third-order valence-electron chi connectivity index (χ3n) is 5.54. The van der Waals surface area contributed by atoms with E-state index in [1.165, 1.54) is 0 Å². The summed E-state index contributed by atoms with van der Waals surface area (Å²) in [6, 6.07) is 0. The molecule has 4 nitrogen and oxygen atoms in total. The van der Waals surface area contributed by atoms with Crippen molar-refractivity contribution in [3.8, 4) is 0 Å². The van der Waals surface area contributed by atoms with Crippen molar-refractivity contribution in [2.75, 3.05) is 0 Å². The van der Waals surface area contributed by atoms with Crippen LogP contribution in [0.1, 0.15) is 79.1 Å². The van der Waals surface area contributed by atoms with Gasteiger partial charge in [0.15, 0.2) is 0 Å². The molecule has 0 spiro atoms. The molecule has 0 aromatic carbocycles. The van der Waals surface area contributed by atoms with Crippen molar-refractivity contribution in [3.05, 3.63) is 0 Å². The maximum atomic E-state index is 12.2. The van der Waals surface area contributed by atoms with E-state index in [4.69, 9.17) is 0 Å². The van der Waals surface area contributed by atoms with E-state index < -0.39 is 23.3 Å². The Morgan fingerprint density at radius 1 is 1.09 bits per heavy atom. The Bertz CT molecular complexity index is 402. The fraction of sp³-hybridized carbons (Fsp3) is 0.895. The first kappa shape index (κ1) is 20.0. The first-order chi connectivity index (χ1) is 10.7. The fourth-order valence-electron chi connectivity index (χ4n) is 4.16. The van der Waals surface area contributed by atoms with Crippen LogP contribution < -0.4 is 0 Å². The van der Waals surface area contributed by atoms with Crippen LogP contribution in [0.2, 0.25) is 0 Å². The summed E-state index contributed by atoms with van der Waals surface area (Å²) < 4.78 is 0. The Kier molecular flexibility index (Phi) is 7.56. The number of carbonyl (C=O) groups is 2. The van der Waals surface area contributed by atoms with Crippen LogP contribution in [-0.2, 0) is 9.59 Å². The van der Waals surface area contributed by atoms with Crippen LogP contribution in [0.4, 0.5) is 0 Å². The van der Waals surface area contributed by atoms with Gasteiger partial charge in [-0.2, -0.15) is 0 Å². The van der Waals surface area contributed by atoms with Gasteiger partial charge in [0.1, 0.15) is 0 Å². The molecule has 0 aliphatic heterocycles. The van der Waals surface area contributed by atoms with Crippen LogP contribution in [0, 0.1) is 29.1 Å². The lowest BCUT2D eigenvalue weighted by Gasteiger charge is -2.44. The minimum atomic E-state index is -0.845. The number of carboxylic acids is 2. The van der Waals surface area contributed by atoms with E-state index in [1.807, 2.05) is 0 Å². The Labute approximate surface area is 140 Å². The molecule has 134 valence electrons. The third-order valence-corrected chi connectivity index (χ3v) is 5.54. The monoisotopic (exact) mass is 326 g/mol. The molecule has 1 saturated carbocycles. The number of rotatable bonds is 9. The molecule has 1 aliphatic rings. The van der Waals surface area contributed by atoms with Crippen LogP contribution in [0.3, 0.4) is 0 Å². The molecule has 0 saturated heterocycles. The predicted molar refractivity (Wildman–Crippen MR) is 91.3 cm³/mol. The van der Waals surface area contributed by atoms with E-state index >= 15 is 0 Å². The molecular formula is C19H34O4. The van der Waals surface area contributed by atoms with E-state index in [0.29, 0.717) is 37.5 Å². The Morgan fingerprint density at radius 2 is 1.70 bits per heavy atom. The van der Waals surface area contributed by atoms with Gasteiger partial charge >= 0.3 is 11.9 Å². The lowest BCUT2D eigenvalue weighted by molar-refractivity contribution is -0.164. The van der Waals surface area contributed by atoms with Gasteiger partial charge in [0.25, 0.3) is 0 Å². The maximum absolute atomic E-state index is 12.2. The van der Waals surface area contributed by atoms with Gasteiger partial charge in [-0.1, -0.05) is 47.0 Å². The summed E-state index contributed by atoms with van der Waals surface area (Å²) in [7, 11) is 0. The van der Waals surface area contributed by atoms with Crippen molar-refractivity contribution in [3.63, 3.8) is 0 Å². The van der Waals surface area contributed by atoms with Crippen molar-refractivity contribution >= 4 is 11.9 Å². The summed E-state index contributed by atoms with van der Waals surface area (Å²) in [5.41, 5.74) is -0.845. The number of carboxylic acid groups (broad SMARTS) is 2. The van der Waals surface area contributed by atoms with Gasteiger partial charge in [-0.15, -0.1) is 0 Å². The van der Waals surface area contributed by atoms with Gasteiger partial charge in [0.05, 0.1) is 11.3 Å². The van der Waals surface area contributed by atoms with Crippen molar-refractivity contribution in [2.24, 2.45) is 29.1 Å². The van der Waals surface area contributed by atoms with Crippen molar-refractivity contribution in [1.29, 1.82) is 0 Å². The van der Waals surface area contributed by atoms with Crippen LogP contribution in [0.15, 0.2) is 0 Å². The zero-order valence-corrected chi connectivity index (χ0v) is 15.2. The number of aliphatic carboxylic acids is 2. The molecule has 0 heterocycles. The second kappa shape index (κ2) is 8.70. The molecule has 0 radical (unpaired) electrons. The zero-order valence-electron chi connectivity index (χ0n) is 15.2. The maximum Gasteiger partial charge on any atom is 0.309 e. The molecule has 0 aromatic heterocycles. The second-order valence-electron chi connectivity index (χ2n) is 8.16. The topological polar surface area (TPSA) is 74.6 Å². The highest BCUT2D eigenvalue weighted by Gasteiger charge is 2.52. The lowest BCUT2D eigenvalue weighted by Crippen LogP contribution is -2.47. The van der Waals surface area contributed by atoms with E-state index in [1.54, 1.807) is 0 Å². The van der Waals surface area contributed by atoms with Crippen molar-refractivity contribution < 1.29 is 19.8 Å². The molecule has 0 amide bonds. The minimum absolute atomic E-state index is 0.233. The Morgan fingerprint density at radius 3 is 2.17 bits per heavy atom. The van der Waals surface area contributed by atoms with E-state index in [9.17, 15) is 19.8 Å². The highest BCUT2D eigenvalue weighted by Crippen LogP contribution is 2.50. The van der Waals surface area contributed by atoms with Crippen LogP contribution >= 0.6 is 0 Å². The summed E-state index contributed by atoms with van der Waals surface area (Å²) in [6.45, 7) is 8.50. The van der Waals surface area contributed by atoms with Gasteiger partial charge in [-0.05, 0) is 49.9 Å². The number of hydrogen-bond donors (Lipinski definition) is 2. The summed E-state index contributed by atoms with van der Waals surface area (Å²) in [5.74, 6) is -1.32. The smallest absolute Gasteiger partial charge is 0.309 e. The summed E-state index contributed by atoms with van der Waals surface area (Å²) in [5, 5.41) is 19.6. The van der Waals surface area contributed by atoms with Crippen LogP contribution in [-0.4, -0.2) is 22.2 Å². The molecule has 2 N–H and O–H groups in total. The normalized spacial score (nSPS) is 28.3. The highest BCUT2D eigenvalue weighted by atomic mass is 16.4. The van der Waals surface area contributed by atoms with Crippen LogP contribution in [0.5, 0.6) is 0 Å². The third kappa shape index (κ3) is 5.22. The van der Waals surface area contributed by atoms with Gasteiger partial charge in [0.2, 0.25) is 0 Å². The summed E-state index contributed by atoms with van der Waals surface area (Å²) in [6.07, 6.45) is 6.09. The highest BCUT2D eigenvalue weighted by molar-refractivity contribution is 5.78. The largest absolute Gasteiger partial charge is 0.481 e. The van der Waals surface area contributed by atoms with E-state index in [2.05, 4.69) is 27.7 Å². The fourth-order valence-corrected chi connectivity index (χ4v) is 4.16. The summed E-state index contributed by atoms with van der Waals surface area (Å²) in [4.78, 5) is 23.9. The molecule has 0 aromatic rings. The number of hydrogen-bond acceptors (Lipinski definition) is 2. The Balaban J connectivity index is 3.03. The first-order valence-corrected chi connectivity index (χ1v) is 9.17. The van der Waals surface area contributed by atoms with Crippen molar-refractivity contribution in [1.82, 2.24) is 0 Å². The summed E-state index contributed by atoms with van der Waals surface area (Å²) >= 11 is 0. The Hall–Kier alpha value is -1.06. The molecular weight excluding hydrogens is 292 g/mol. The predicted octanol–water partition coefficient (Wildman–Crippen LogP) is 4.82. The van der Waals surface area contributed by atoms with Crippen LogP contribution in [0.25, 0.3) is 0 Å². The molecule has 1 aliphatic carbocycles. The SMILES string of the molecule is CC(C)CCCC1C(C(=O)O)CCCC1(CCC(C)C)C(=O)O. The van der Waals surface area contributed by atoms with Gasteiger partial charge in [-0.25, -0.2) is 0 Å². The van der Waals surface area contributed by atoms with Gasteiger partial charge < -0.3 is 10.2 Å². The second-order valence-corrected chi connectivity index (χ2v) is 8.16. The first-order valence-electron chi connectivity index (χ1n) is 9.17. The minimum Gasteiger partial charge on any atom is -0.481 e. The molecule has 3 unspecified atom stereocenters. The van der Waals surface area contributed by atoms with Gasteiger partial charge in [-0.3, -0.25) is 9.59 Å². The molecule has 1 rings (SSSR count). The molecule has 3 atom stereocenters. The lowest BCUT2D eigenvalue weighted by atomic mass is 9.58. The molecule has 0 bridgehead atoms. The molecule has 23 heavy (non-hydrogen) atoms. The average molecular weight is 326 g/mol. The van der Waals surface area contributed by atoms with E-state index in [0.717, 1.165) is 25.7 Å². The molecule has 4 heteroatoms.